The summed E-state index contributed by atoms with van der Waals surface area (Å²) in [5.41, 5.74) is 1.32. The summed E-state index contributed by atoms with van der Waals surface area (Å²) in [5, 5.41) is 12.8. The molecule has 1 aromatic rings. The van der Waals surface area contributed by atoms with Gasteiger partial charge >= 0.3 is 0 Å². The zero-order chi connectivity index (χ0) is 17.8. The van der Waals surface area contributed by atoms with Crippen LogP contribution in [0.15, 0.2) is 30.3 Å². The number of hydrogen-bond donors (Lipinski definition) is 2. The maximum Gasteiger partial charge on any atom is 0.247 e. The van der Waals surface area contributed by atoms with Crippen molar-refractivity contribution in [2.75, 3.05) is 13.1 Å². The van der Waals surface area contributed by atoms with Gasteiger partial charge in [-0.05, 0) is 50.5 Å². The molecule has 1 heterocycles. The first kappa shape index (κ1) is 17.9. The molecule has 5 heteroatoms. The second-order valence-corrected chi connectivity index (χ2v) is 7.36. The van der Waals surface area contributed by atoms with Crippen molar-refractivity contribution in [2.24, 2.45) is 5.92 Å². The molecule has 0 aromatic heterocycles. The number of rotatable bonds is 5. The molecule has 2 fully saturated rings. The second-order valence-electron chi connectivity index (χ2n) is 7.36. The van der Waals surface area contributed by atoms with Crippen LogP contribution in [0.3, 0.4) is 0 Å². The van der Waals surface area contributed by atoms with Crippen molar-refractivity contribution in [3.8, 4) is 0 Å². The predicted molar refractivity (Wildman–Crippen MR) is 95.9 cm³/mol. The van der Waals surface area contributed by atoms with Gasteiger partial charge in [-0.3, -0.25) is 9.59 Å². The first-order chi connectivity index (χ1) is 12.1. The lowest BCUT2D eigenvalue weighted by Gasteiger charge is -2.28. The number of amides is 2. The smallest absolute Gasteiger partial charge is 0.247 e. The number of likely N-dealkylation sites (tertiary alicyclic amines) is 1. The maximum absolute atomic E-state index is 12.9. The lowest BCUT2D eigenvalue weighted by atomic mass is 9.92. The monoisotopic (exact) mass is 344 g/mol. The van der Waals surface area contributed by atoms with Crippen molar-refractivity contribution in [1.29, 1.82) is 0 Å². The van der Waals surface area contributed by atoms with Crippen molar-refractivity contribution in [3.63, 3.8) is 0 Å². The summed E-state index contributed by atoms with van der Waals surface area (Å²) in [4.78, 5) is 26.7. The Labute approximate surface area is 149 Å². The van der Waals surface area contributed by atoms with E-state index in [-0.39, 0.29) is 17.7 Å². The van der Waals surface area contributed by atoms with E-state index >= 15 is 0 Å². The molecule has 3 rings (SSSR count). The van der Waals surface area contributed by atoms with E-state index in [1.807, 2.05) is 11.0 Å². The van der Waals surface area contributed by atoms with Gasteiger partial charge in [0.1, 0.15) is 6.04 Å². The highest BCUT2D eigenvalue weighted by molar-refractivity contribution is 5.89. The van der Waals surface area contributed by atoms with Gasteiger partial charge in [-0.25, -0.2) is 0 Å². The van der Waals surface area contributed by atoms with Gasteiger partial charge in [-0.1, -0.05) is 30.3 Å². The van der Waals surface area contributed by atoms with Crippen LogP contribution in [0.2, 0.25) is 0 Å². The number of carbonyl (C=O) groups excluding carboxylic acids is 2. The fourth-order valence-electron chi connectivity index (χ4n) is 3.58. The van der Waals surface area contributed by atoms with E-state index in [1.54, 1.807) is 6.92 Å². The third kappa shape index (κ3) is 4.60. The standard InChI is InChI=1S/C20H28N2O3/c1-14(23)18(21-19(24)17-9-10-17)20(25)22-12-5-8-16(11-13-22)15-6-3-2-4-7-15/h2-4,6-7,14,16-18,23H,5,8-13H2,1H3,(H,21,24). The molecule has 2 N–H and O–H groups in total. The van der Waals surface area contributed by atoms with E-state index in [1.165, 1.54) is 5.56 Å². The molecule has 0 radical (unpaired) electrons. The molecule has 1 aliphatic carbocycles. The molecular formula is C20H28N2O3. The van der Waals surface area contributed by atoms with Crippen molar-refractivity contribution in [2.45, 2.75) is 57.1 Å². The Bertz CT molecular complexity index is 598. The average Bonchev–Trinajstić information content (AvgIpc) is 3.45. The second kappa shape index (κ2) is 8.00. The van der Waals surface area contributed by atoms with Gasteiger partial charge in [-0.15, -0.1) is 0 Å². The third-order valence-electron chi connectivity index (χ3n) is 5.31. The topological polar surface area (TPSA) is 69.6 Å². The molecule has 1 saturated heterocycles. The highest BCUT2D eigenvalue weighted by Crippen LogP contribution is 2.30. The zero-order valence-electron chi connectivity index (χ0n) is 14.9. The Kier molecular flexibility index (Phi) is 5.74. The number of hydrogen-bond acceptors (Lipinski definition) is 3. The molecule has 3 unspecified atom stereocenters. The molecule has 1 aromatic carbocycles. The minimum atomic E-state index is -0.886. The van der Waals surface area contributed by atoms with Crippen molar-refractivity contribution >= 4 is 11.8 Å². The van der Waals surface area contributed by atoms with E-state index in [2.05, 4.69) is 29.6 Å². The molecule has 3 atom stereocenters. The van der Waals surface area contributed by atoms with Crippen LogP contribution >= 0.6 is 0 Å². The van der Waals surface area contributed by atoms with Gasteiger partial charge in [0.25, 0.3) is 0 Å². The predicted octanol–water partition coefficient (Wildman–Crippen LogP) is 2.06. The maximum atomic E-state index is 12.9. The summed E-state index contributed by atoms with van der Waals surface area (Å²) < 4.78 is 0. The van der Waals surface area contributed by atoms with Crippen LogP contribution in [-0.4, -0.2) is 47.1 Å². The number of nitrogens with zero attached hydrogens (tertiary/aromatic N) is 1. The Balaban J connectivity index is 1.61. The van der Waals surface area contributed by atoms with E-state index in [0.717, 1.165) is 32.1 Å². The first-order valence-electron chi connectivity index (χ1n) is 9.38. The third-order valence-corrected chi connectivity index (χ3v) is 5.31. The van der Waals surface area contributed by atoms with Gasteiger partial charge in [0.2, 0.25) is 11.8 Å². The van der Waals surface area contributed by atoms with Crippen LogP contribution < -0.4 is 5.32 Å². The van der Waals surface area contributed by atoms with Crippen LogP contribution in [-0.2, 0) is 9.59 Å². The molecule has 25 heavy (non-hydrogen) atoms. The van der Waals surface area contributed by atoms with E-state index in [4.69, 9.17) is 0 Å². The summed E-state index contributed by atoms with van der Waals surface area (Å²) in [5.74, 6) is 0.236. The fourth-order valence-corrected chi connectivity index (χ4v) is 3.58. The summed E-state index contributed by atoms with van der Waals surface area (Å²) in [6, 6.07) is 9.60. The van der Waals surface area contributed by atoms with E-state index < -0.39 is 12.1 Å². The lowest BCUT2D eigenvalue weighted by Crippen LogP contribution is -2.54. The highest BCUT2D eigenvalue weighted by Gasteiger charge is 2.36. The van der Waals surface area contributed by atoms with Gasteiger partial charge in [0.05, 0.1) is 6.10 Å². The van der Waals surface area contributed by atoms with Crippen LogP contribution in [0.1, 0.15) is 50.5 Å². The number of aliphatic hydroxyl groups is 1. The number of carbonyl (C=O) groups is 2. The Hall–Kier alpha value is -1.88. The molecule has 1 saturated carbocycles. The Morgan fingerprint density at radius 2 is 1.84 bits per heavy atom. The van der Waals surface area contributed by atoms with Crippen molar-refractivity contribution in [1.82, 2.24) is 10.2 Å². The van der Waals surface area contributed by atoms with Gasteiger partial charge < -0.3 is 15.3 Å². The zero-order valence-corrected chi connectivity index (χ0v) is 14.9. The van der Waals surface area contributed by atoms with Gasteiger partial charge in [-0.2, -0.15) is 0 Å². The highest BCUT2D eigenvalue weighted by atomic mass is 16.3. The minimum absolute atomic E-state index is 0.0284. The molecule has 2 aliphatic rings. The minimum Gasteiger partial charge on any atom is -0.391 e. The SMILES string of the molecule is CC(O)C(NC(=O)C1CC1)C(=O)N1CCCC(c2ccccc2)CC1. The number of benzene rings is 1. The Morgan fingerprint density at radius 1 is 1.12 bits per heavy atom. The average molecular weight is 344 g/mol. The molecule has 2 amide bonds. The summed E-state index contributed by atoms with van der Waals surface area (Å²) in [7, 11) is 0. The molecule has 136 valence electrons. The molecule has 0 spiro atoms. The van der Waals surface area contributed by atoms with Crippen molar-refractivity contribution < 1.29 is 14.7 Å². The molecule has 0 bridgehead atoms. The normalized spacial score (nSPS) is 23.4. The van der Waals surface area contributed by atoms with Crippen LogP contribution in [0, 0.1) is 5.92 Å². The van der Waals surface area contributed by atoms with Crippen molar-refractivity contribution in [3.05, 3.63) is 35.9 Å². The van der Waals surface area contributed by atoms with Gasteiger partial charge in [0, 0.05) is 19.0 Å². The largest absolute Gasteiger partial charge is 0.391 e. The quantitative estimate of drug-likeness (QED) is 0.859. The molecular weight excluding hydrogens is 316 g/mol. The summed E-state index contributed by atoms with van der Waals surface area (Å²) in [6.45, 7) is 2.92. The molecule has 5 nitrogen and oxygen atoms in total. The summed E-state index contributed by atoms with van der Waals surface area (Å²) in [6.07, 6.45) is 3.79. The van der Waals surface area contributed by atoms with E-state index in [9.17, 15) is 14.7 Å². The number of nitrogens with one attached hydrogen (secondary N) is 1. The Morgan fingerprint density at radius 3 is 2.48 bits per heavy atom. The fraction of sp³-hybridized carbons (Fsp3) is 0.600. The number of aliphatic hydroxyl groups excluding tert-OH is 1. The molecule has 1 aliphatic heterocycles. The van der Waals surface area contributed by atoms with Gasteiger partial charge in [0.15, 0.2) is 0 Å². The van der Waals surface area contributed by atoms with E-state index in [0.29, 0.717) is 19.0 Å². The summed E-state index contributed by atoms with van der Waals surface area (Å²) >= 11 is 0. The van der Waals surface area contributed by atoms with Crippen LogP contribution in [0.4, 0.5) is 0 Å². The first-order valence-corrected chi connectivity index (χ1v) is 9.38. The van der Waals surface area contributed by atoms with Crippen LogP contribution in [0.25, 0.3) is 0 Å². The lowest BCUT2D eigenvalue weighted by molar-refractivity contribution is -0.139. The van der Waals surface area contributed by atoms with Crippen LogP contribution in [0.5, 0.6) is 0 Å².